The van der Waals surface area contributed by atoms with Gasteiger partial charge in [0.15, 0.2) is 0 Å². The van der Waals surface area contributed by atoms with Crippen LogP contribution in [0.2, 0.25) is 0 Å². The lowest BCUT2D eigenvalue weighted by molar-refractivity contribution is 0.385. The summed E-state index contributed by atoms with van der Waals surface area (Å²) in [6, 6.07) is 9.67. The van der Waals surface area contributed by atoms with E-state index in [1.165, 1.54) is 32.4 Å². The zero-order valence-corrected chi connectivity index (χ0v) is 14.9. The summed E-state index contributed by atoms with van der Waals surface area (Å²) in [6.45, 7) is -0.169. The van der Waals surface area contributed by atoms with Crippen LogP contribution in [0.4, 0.5) is 0 Å². The molecular weight excluding hydrogens is 360 g/mol. The maximum absolute atomic E-state index is 12.5. The normalized spacial score (nSPS) is 11.3. The molecule has 0 unspecified atom stereocenters. The summed E-state index contributed by atoms with van der Waals surface area (Å²) in [5, 5.41) is 7.69. The van der Waals surface area contributed by atoms with Gasteiger partial charge in [0.25, 0.3) is 5.89 Å². The lowest BCUT2D eigenvalue weighted by atomic mass is 10.3. The van der Waals surface area contributed by atoms with Gasteiger partial charge in [-0.25, -0.2) is 13.1 Å². The molecule has 0 aliphatic rings. The van der Waals surface area contributed by atoms with Crippen LogP contribution >= 0.6 is 0 Å². The molecule has 3 rings (SSSR count). The Morgan fingerprint density at radius 1 is 1.12 bits per heavy atom. The first-order valence-electron chi connectivity index (χ1n) is 7.49. The second-order valence-corrected chi connectivity index (χ2v) is 6.79. The minimum absolute atomic E-state index is 0.0229. The van der Waals surface area contributed by atoms with Crippen LogP contribution in [0.15, 0.2) is 51.9 Å². The number of nitrogens with zero attached hydrogens (tertiary/aromatic N) is 3. The van der Waals surface area contributed by atoms with Crippen molar-refractivity contribution in [2.75, 3.05) is 14.2 Å². The molecule has 0 atom stereocenters. The Balaban J connectivity index is 1.76. The van der Waals surface area contributed by atoms with Crippen molar-refractivity contribution in [3.8, 4) is 23.1 Å². The number of ether oxygens (including phenoxy) is 2. The maximum Gasteiger partial charge on any atom is 0.266 e. The largest absolute Gasteiger partial charge is 0.497 e. The molecule has 0 saturated heterocycles. The first-order valence-corrected chi connectivity index (χ1v) is 8.97. The fourth-order valence-electron chi connectivity index (χ4n) is 2.15. The Morgan fingerprint density at radius 3 is 2.65 bits per heavy atom. The number of hydrogen-bond acceptors (Lipinski definition) is 8. The molecule has 136 valence electrons. The van der Waals surface area contributed by atoms with E-state index in [0.29, 0.717) is 11.4 Å². The molecule has 0 bridgehead atoms. The zero-order valence-electron chi connectivity index (χ0n) is 14.0. The van der Waals surface area contributed by atoms with Gasteiger partial charge < -0.3 is 13.9 Å². The van der Waals surface area contributed by atoms with Crippen LogP contribution < -0.4 is 14.2 Å². The van der Waals surface area contributed by atoms with E-state index in [0.717, 1.165) is 0 Å². The van der Waals surface area contributed by atoms with Crippen LogP contribution in [-0.2, 0) is 16.6 Å². The molecule has 9 nitrogen and oxygen atoms in total. The average molecular weight is 376 g/mol. The molecule has 1 aromatic carbocycles. The number of hydrogen-bond donors (Lipinski definition) is 1. The number of methoxy groups -OCH3 is 2. The third kappa shape index (κ3) is 3.81. The van der Waals surface area contributed by atoms with E-state index < -0.39 is 10.0 Å². The minimum atomic E-state index is -3.86. The SMILES string of the molecule is COc1ccc(S(=O)(=O)NCc2nnc(-c3ccccn3)o2)c(OC)c1. The van der Waals surface area contributed by atoms with Crippen molar-refractivity contribution < 1.29 is 22.3 Å². The van der Waals surface area contributed by atoms with Gasteiger partial charge in [-0.15, -0.1) is 10.2 Å². The quantitative estimate of drug-likeness (QED) is 0.661. The predicted octanol–water partition coefficient (Wildman–Crippen LogP) is 1.63. The molecule has 2 aromatic heterocycles. The van der Waals surface area contributed by atoms with E-state index in [4.69, 9.17) is 13.9 Å². The highest BCUT2D eigenvalue weighted by Crippen LogP contribution is 2.28. The zero-order chi connectivity index (χ0) is 18.6. The summed E-state index contributed by atoms with van der Waals surface area (Å²) in [7, 11) is -0.994. The minimum Gasteiger partial charge on any atom is -0.497 e. The molecule has 0 fully saturated rings. The molecule has 1 N–H and O–H groups in total. The first kappa shape index (κ1) is 17.8. The Labute approximate surface area is 150 Å². The maximum atomic E-state index is 12.5. The van der Waals surface area contributed by atoms with E-state index in [1.807, 2.05) is 0 Å². The Hall–Kier alpha value is -2.98. The Kier molecular flexibility index (Phi) is 5.14. The van der Waals surface area contributed by atoms with Gasteiger partial charge in [0.1, 0.15) is 22.1 Å². The highest BCUT2D eigenvalue weighted by Gasteiger charge is 2.21. The fraction of sp³-hybridized carbons (Fsp3) is 0.188. The highest BCUT2D eigenvalue weighted by atomic mass is 32.2. The number of rotatable bonds is 7. The summed E-state index contributed by atoms with van der Waals surface area (Å²) < 4.78 is 43.1. The lowest BCUT2D eigenvalue weighted by Gasteiger charge is -2.11. The second kappa shape index (κ2) is 7.50. The van der Waals surface area contributed by atoms with Crippen LogP contribution in [0.5, 0.6) is 11.5 Å². The monoisotopic (exact) mass is 376 g/mol. The molecule has 0 radical (unpaired) electrons. The van der Waals surface area contributed by atoms with Crippen LogP contribution in [-0.4, -0.2) is 37.8 Å². The van der Waals surface area contributed by atoms with Crippen LogP contribution in [0.25, 0.3) is 11.6 Å². The van der Waals surface area contributed by atoms with Crippen molar-refractivity contribution in [2.45, 2.75) is 11.4 Å². The van der Waals surface area contributed by atoms with E-state index in [2.05, 4.69) is 19.9 Å². The van der Waals surface area contributed by atoms with E-state index in [-0.39, 0.29) is 29.0 Å². The molecule has 2 heterocycles. The van der Waals surface area contributed by atoms with Crippen molar-refractivity contribution in [3.05, 3.63) is 48.5 Å². The smallest absolute Gasteiger partial charge is 0.266 e. The molecule has 10 heteroatoms. The van der Waals surface area contributed by atoms with E-state index in [9.17, 15) is 8.42 Å². The molecule has 0 aliphatic carbocycles. The van der Waals surface area contributed by atoms with E-state index in [1.54, 1.807) is 24.4 Å². The third-order valence-corrected chi connectivity index (χ3v) is 4.87. The van der Waals surface area contributed by atoms with Crippen LogP contribution in [0.1, 0.15) is 5.89 Å². The average Bonchev–Trinajstić information content (AvgIpc) is 3.16. The summed E-state index contributed by atoms with van der Waals surface area (Å²) in [4.78, 5) is 4.07. The van der Waals surface area contributed by atoms with Crippen LogP contribution in [0.3, 0.4) is 0 Å². The van der Waals surface area contributed by atoms with Gasteiger partial charge in [-0.2, -0.15) is 0 Å². The number of benzene rings is 1. The number of nitrogens with one attached hydrogen (secondary N) is 1. The standard InChI is InChI=1S/C16H16N4O5S/c1-23-11-6-7-14(13(9-11)24-2)26(21,22)18-10-15-19-20-16(25-15)12-5-3-4-8-17-12/h3-9,18H,10H2,1-2H3. The molecule has 26 heavy (non-hydrogen) atoms. The van der Waals surface area contributed by atoms with Crippen LogP contribution in [0, 0.1) is 0 Å². The topological polar surface area (TPSA) is 116 Å². The third-order valence-electron chi connectivity index (χ3n) is 3.42. The second-order valence-electron chi connectivity index (χ2n) is 5.06. The molecule has 0 spiro atoms. The van der Waals surface area contributed by atoms with Crippen molar-refractivity contribution in [1.82, 2.24) is 19.9 Å². The molecular formula is C16H16N4O5S. The number of aromatic nitrogens is 3. The van der Waals surface area contributed by atoms with Crippen molar-refractivity contribution in [3.63, 3.8) is 0 Å². The van der Waals surface area contributed by atoms with Gasteiger partial charge in [-0.3, -0.25) is 4.98 Å². The predicted molar refractivity (Wildman–Crippen MR) is 91.1 cm³/mol. The first-order chi connectivity index (χ1) is 12.5. The number of sulfonamides is 1. The molecule has 3 aromatic rings. The van der Waals surface area contributed by atoms with Gasteiger partial charge >= 0.3 is 0 Å². The van der Waals surface area contributed by atoms with E-state index >= 15 is 0 Å². The molecule has 0 amide bonds. The van der Waals surface area contributed by atoms with Crippen molar-refractivity contribution >= 4 is 10.0 Å². The fourth-order valence-corrected chi connectivity index (χ4v) is 3.27. The summed E-state index contributed by atoms with van der Waals surface area (Å²) >= 11 is 0. The van der Waals surface area contributed by atoms with Gasteiger partial charge in [0, 0.05) is 12.3 Å². The van der Waals surface area contributed by atoms with Gasteiger partial charge in [0.2, 0.25) is 15.9 Å². The highest BCUT2D eigenvalue weighted by molar-refractivity contribution is 7.89. The van der Waals surface area contributed by atoms with Crippen molar-refractivity contribution in [2.24, 2.45) is 0 Å². The van der Waals surface area contributed by atoms with Crippen molar-refractivity contribution in [1.29, 1.82) is 0 Å². The summed E-state index contributed by atoms with van der Waals surface area (Å²) in [5.41, 5.74) is 0.505. The number of pyridine rings is 1. The lowest BCUT2D eigenvalue weighted by Crippen LogP contribution is -2.24. The Bertz CT molecular complexity index is 989. The summed E-state index contributed by atoms with van der Waals surface area (Å²) in [6.07, 6.45) is 1.60. The van der Waals surface area contributed by atoms with Gasteiger partial charge in [0.05, 0.1) is 20.8 Å². The van der Waals surface area contributed by atoms with Gasteiger partial charge in [-0.05, 0) is 24.3 Å². The Morgan fingerprint density at radius 2 is 1.96 bits per heavy atom. The summed E-state index contributed by atoms with van der Waals surface area (Å²) in [5.74, 6) is 0.970. The van der Waals surface area contributed by atoms with Gasteiger partial charge in [-0.1, -0.05) is 6.07 Å². The molecule has 0 saturated carbocycles. The molecule has 0 aliphatic heterocycles.